The average Bonchev–Trinajstić information content (AvgIpc) is 3.61. The Hall–Kier alpha value is -2.96. The molecule has 11 atom stereocenters. The molecule has 2 saturated heterocycles. The first-order valence-corrected chi connectivity index (χ1v) is 13.7. The molecule has 41 heavy (non-hydrogen) atoms. The summed E-state index contributed by atoms with van der Waals surface area (Å²) in [5, 5.41) is 11.3. The Labute approximate surface area is 242 Å². The van der Waals surface area contributed by atoms with E-state index >= 15 is 0 Å². The molecule has 0 amide bonds. The SMILES string of the molecule is C=C1/C=C/[C@H](OC(C)=O)[C@@]2(C)[C@@H](OC(C)=O)C[C@@H](OC(C)=O)[C@]3(CO3)[C@@H]2[C@H](OC(C)=O)[C@]2(O)[C@@H](C)C(=O)O[C@H]2C1Cl. The molecule has 4 rings (SSSR count). The third-order valence-electron chi connectivity index (χ3n) is 8.77. The summed E-state index contributed by atoms with van der Waals surface area (Å²) in [6.07, 6.45) is -3.54. The third kappa shape index (κ3) is 5.03. The fraction of sp³-hybridized carbons (Fsp3) is 0.679. The lowest BCUT2D eigenvalue weighted by molar-refractivity contribution is -0.254. The van der Waals surface area contributed by atoms with Gasteiger partial charge in [-0.25, -0.2) is 0 Å². The summed E-state index contributed by atoms with van der Waals surface area (Å²) in [5.41, 5.74) is -5.00. The molecule has 12 nitrogen and oxygen atoms in total. The highest BCUT2D eigenvalue weighted by molar-refractivity contribution is 6.23. The number of halogens is 1. The van der Waals surface area contributed by atoms with Gasteiger partial charge >= 0.3 is 29.8 Å². The monoisotopic (exact) mass is 598 g/mol. The van der Waals surface area contributed by atoms with Crippen LogP contribution in [0.25, 0.3) is 0 Å². The number of alkyl halides is 1. The molecule has 0 bridgehead atoms. The standard InChI is InChI=1S/C28H35ClO12/c1-12-8-9-18(37-14(3)30)26(7)19(38-15(4)31)10-20(39-16(5)32)27(11-36-27)22(26)24(40-17(6)33)28(35)13(2)25(34)41-23(28)21(12)29/h8-9,13,18-24,35H,1,10-11H2,2-7H3/b9-8+/t13-,18-,19-,20+,21?,22+,23-,24-,26-,27+,28-/m0/s1. The van der Waals surface area contributed by atoms with Crippen molar-refractivity contribution in [1.82, 2.24) is 0 Å². The van der Waals surface area contributed by atoms with Crippen LogP contribution in [0.15, 0.2) is 24.3 Å². The summed E-state index contributed by atoms with van der Waals surface area (Å²) in [6, 6.07) is 0. The molecule has 1 saturated carbocycles. The van der Waals surface area contributed by atoms with E-state index in [1.165, 1.54) is 39.8 Å². The molecule has 1 spiro atoms. The number of hydrogen-bond donors (Lipinski definition) is 1. The minimum Gasteiger partial charge on any atom is -0.462 e. The zero-order valence-electron chi connectivity index (χ0n) is 23.7. The molecule has 4 aliphatic rings. The number of epoxide rings is 1. The fourth-order valence-corrected chi connectivity index (χ4v) is 7.13. The first-order chi connectivity index (χ1) is 19.0. The number of fused-ring (bicyclic) bond motifs is 3. The van der Waals surface area contributed by atoms with Gasteiger partial charge in [0.25, 0.3) is 0 Å². The van der Waals surface area contributed by atoms with Crippen molar-refractivity contribution in [2.45, 2.75) is 95.1 Å². The predicted molar refractivity (Wildman–Crippen MR) is 139 cm³/mol. The number of allylic oxidation sites excluding steroid dienone is 1. The van der Waals surface area contributed by atoms with Crippen molar-refractivity contribution in [3.8, 4) is 0 Å². The van der Waals surface area contributed by atoms with E-state index in [2.05, 4.69) is 6.58 Å². The van der Waals surface area contributed by atoms with E-state index in [4.69, 9.17) is 40.0 Å². The number of carbonyl (C=O) groups is 5. The first kappa shape index (κ1) is 31.0. The second-order valence-electron chi connectivity index (χ2n) is 11.4. The van der Waals surface area contributed by atoms with Gasteiger partial charge in [0.1, 0.15) is 30.0 Å². The second kappa shape index (κ2) is 10.7. The highest BCUT2D eigenvalue weighted by Gasteiger charge is 2.78. The summed E-state index contributed by atoms with van der Waals surface area (Å²) in [6.45, 7) is 11.7. The van der Waals surface area contributed by atoms with E-state index in [1.807, 2.05) is 0 Å². The molecule has 2 aliphatic carbocycles. The van der Waals surface area contributed by atoms with Crippen LogP contribution in [0.5, 0.6) is 0 Å². The van der Waals surface area contributed by atoms with Crippen molar-refractivity contribution >= 4 is 41.4 Å². The Bertz CT molecular complexity index is 1190. The molecule has 0 radical (unpaired) electrons. The molecule has 2 aliphatic heterocycles. The van der Waals surface area contributed by atoms with Gasteiger partial charge in [0, 0.05) is 40.0 Å². The van der Waals surface area contributed by atoms with Crippen molar-refractivity contribution in [2.75, 3.05) is 6.61 Å². The molecular weight excluding hydrogens is 564 g/mol. The Morgan fingerprint density at radius 3 is 2.05 bits per heavy atom. The lowest BCUT2D eigenvalue weighted by Gasteiger charge is -2.57. The van der Waals surface area contributed by atoms with Gasteiger partial charge in [-0.1, -0.05) is 19.6 Å². The lowest BCUT2D eigenvalue weighted by atomic mass is 9.52. The van der Waals surface area contributed by atoms with E-state index in [0.29, 0.717) is 0 Å². The van der Waals surface area contributed by atoms with Gasteiger partial charge in [0.2, 0.25) is 0 Å². The number of esters is 5. The Kier molecular flexibility index (Phi) is 8.09. The fourth-order valence-electron chi connectivity index (χ4n) is 6.81. The summed E-state index contributed by atoms with van der Waals surface area (Å²) in [5.74, 6) is -6.15. The minimum atomic E-state index is -2.28. The van der Waals surface area contributed by atoms with Crippen LogP contribution in [0.1, 0.15) is 48.0 Å². The van der Waals surface area contributed by atoms with Crippen LogP contribution in [0.3, 0.4) is 0 Å². The molecule has 0 aromatic rings. The smallest absolute Gasteiger partial charge is 0.312 e. The number of hydrogen-bond acceptors (Lipinski definition) is 12. The lowest BCUT2D eigenvalue weighted by Crippen LogP contribution is -2.72. The number of rotatable bonds is 4. The third-order valence-corrected chi connectivity index (χ3v) is 9.28. The van der Waals surface area contributed by atoms with E-state index in [0.717, 1.165) is 6.92 Å². The van der Waals surface area contributed by atoms with Gasteiger partial charge in [-0.15, -0.1) is 11.6 Å². The zero-order chi connectivity index (χ0) is 30.7. The molecule has 226 valence electrons. The van der Waals surface area contributed by atoms with Gasteiger partial charge in [0.05, 0.1) is 23.3 Å². The summed E-state index contributed by atoms with van der Waals surface area (Å²) in [7, 11) is 0. The van der Waals surface area contributed by atoms with E-state index in [-0.39, 0.29) is 18.6 Å². The van der Waals surface area contributed by atoms with Crippen molar-refractivity contribution in [3.63, 3.8) is 0 Å². The Morgan fingerprint density at radius 1 is 1.00 bits per heavy atom. The zero-order valence-corrected chi connectivity index (χ0v) is 24.5. The molecule has 1 unspecified atom stereocenters. The molecular formula is C28H35ClO12. The van der Waals surface area contributed by atoms with Crippen molar-refractivity contribution < 1.29 is 57.5 Å². The summed E-state index contributed by atoms with van der Waals surface area (Å²) in [4.78, 5) is 62.8. The maximum absolute atomic E-state index is 13.0. The minimum absolute atomic E-state index is 0.0206. The van der Waals surface area contributed by atoms with Gasteiger partial charge in [-0.2, -0.15) is 0 Å². The molecule has 3 fully saturated rings. The summed E-state index contributed by atoms with van der Waals surface area (Å²) >= 11 is 6.73. The van der Waals surface area contributed by atoms with Gasteiger partial charge in [-0.3, -0.25) is 24.0 Å². The second-order valence-corrected chi connectivity index (χ2v) is 11.9. The van der Waals surface area contributed by atoms with Gasteiger partial charge in [-0.05, 0) is 18.6 Å². The van der Waals surface area contributed by atoms with Crippen LogP contribution >= 0.6 is 11.6 Å². The van der Waals surface area contributed by atoms with Crippen LogP contribution in [0.4, 0.5) is 0 Å². The molecule has 0 aromatic carbocycles. The van der Waals surface area contributed by atoms with E-state index in [9.17, 15) is 29.1 Å². The van der Waals surface area contributed by atoms with Crippen molar-refractivity contribution in [2.24, 2.45) is 17.3 Å². The quantitative estimate of drug-likeness (QED) is 0.215. The average molecular weight is 599 g/mol. The molecule has 13 heteroatoms. The van der Waals surface area contributed by atoms with Gasteiger partial charge < -0.3 is 33.5 Å². The Morgan fingerprint density at radius 2 is 1.54 bits per heavy atom. The number of ether oxygens (including phenoxy) is 6. The topological polar surface area (TPSA) is 164 Å². The molecule has 1 N–H and O–H groups in total. The molecule has 2 heterocycles. The largest absolute Gasteiger partial charge is 0.462 e. The highest BCUT2D eigenvalue weighted by Crippen LogP contribution is 2.63. The maximum Gasteiger partial charge on any atom is 0.312 e. The summed E-state index contributed by atoms with van der Waals surface area (Å²) < 4.78 is 34.7. The van der Waals surface area contributed by atoms with Crippen LogP contribution in [0, 0.1) is 17.3 Å². The number of aliphatic hydroxyl groups is 1. The van der Waals surface area contributed by atoms with Crippen molar-refractivity contribution in [1.29, 1.82) is 0 Å². The van der Waals surface area contributed by atoms with E-state index < -0.39 is 94.2 Å². The van der Waals surface area contributed by atoms with Crippen molar-refractivity contribution in [3.05, 3.63) is 24.3 Å². The van der Waals surface area contributed by atoms with Gasteiger partial charge in [0.15, 0.2) is 11.7 Å². The Balaban J connectivity index is 2.09. The normalized spacial score (nSPS) is 44.0. The molecule has 0 aromatic heterocycles. The van der Waals surface area contributed by atoms with Crippen LogP contribution in [0.2, 0.25) is 0 Å². The van der Waals surface area contributed by atoms with Crippen LogP contribution in [-0.4, -0.2) is 88.7 Å². The predicted octanol–water partition coefficient (Wildman–Crippen LogP) is 1.53. The number of carbonyl (C=O) groups excluding carboxylic acids is 5. The van der Waals surface area contributed by atoms with Crippen LogP contribution < -0.4 is 0 Å². The first-order valence-electron chi connectivity index (χ1n) is 13.3. The highest BCUT2D eigenvalue weighted by atomic mass is 35.5. The van der Waals surface area contributed by atoms with Crippen LogP contribution in [-0.2, 0) is 52.4 Å². The van der Waals surface area contributed by atoms with E-state index in [1.54, 1.807) is 6.92 Å². The maximum atomic E-state index is 13.0.